The van der Waals surface area contributed by atoms with Gasteiger partial charge < -0.3 is 15.3 Å². The number of carboxylic acid groups (broad SMARTS) is 1. The van der Waals surface area contributed by atoms with Crippen LogP contribution in [0.25, 0.3) is 0 Å². The second-order valence-corrected chi connectivity index (χ2v) is 6.08. The Bertz CT molecular complexity index is 497. The highest BCUT2D eigenvalue weighted by molar-refractivity contribution is 7.09. The Morgan fingerprint density at radius 2 is 2.19 bits per heavy atom. The van der Waals surface area contributed by atoms with Crippen LogP contribution in [0.15, 0.2) is 5.38 Å². The summed E-state index contributed by atoms with van der Waals surface area (Å²) in [6.07, 6.45) is 5.15. The van der Waals surface area contributed by atoms with Crippen molar-refractivity contribution in [3.63, 3.8) is 0 Å². The van der Waals surface area contributed by atoms with Crippen LogP contribution in [0.3, 0.4) is 0 Å². The van der Waals surface area contributed by atoms with Gasteiger partial charge in [0.05, 0.1) is 5.01 Å². The van der Waals surface area contributed by atoms with Gasteiger partial charge in [0.25, 0.3) is 0 Å². The van der Waals surface area contributed by atoms with E-state index < -0.39 is 5.97 Å². The second kappa shape index (κ2) is 7.40. The summed E-state index contributed by atoms with van der Waals surface area (Å²) >= 11 is 1.31. The first kappa shape index (κ1) is 15.8. The maximum absolute atomic E-state index is 12.2. The van der Waals surface area contributed by atoms with Gasteiger partial charge in [-0.1, -0.05) is 12.8 Å². The average Bonchev–Trinajstić information content (AvgIpc) is 3.10. The summed E-state index contributed by atoms with van der Waals surface area (Å²) in [5.41, 5.74) is 0.0717. The van der Waals surface area contributed by atoms with Crippen molar-refractivity contribution in [2.24, 2.45) is 0 Å². The van der Waals surface area contributed by atoms with Crippen LogP contribution in [0.1, 0.15) is 48.1 Å². The van der Waals surface area contributed by atoms with Gasteiger partial charge in [0.2, 0.25) is 0 Å². The predicted molar refractivity (Wildman–Crippen MR) is 80.8 cm³/mol. The van der Waals surface area contributed by atoms with Crippen LogP contribution in [0.2, 0.25) is 0 Å². The highest BCUT2D eigenvalue weighted by Crippen LogP contribution is 2.23. The quantitative estimate of drug-likeness (QED) is 0.845. The zero-order chi connectivity index (χ0) is 15.2. The molecule has 2 rings (SSSR count). The number of hydrogen-bond donors (Lipinski definition) is 2. The molecule has 1 aromatic rings. The number of rotatable bonds is 6. The zero-order valence-electron chi connectivity index (χ0n) is 12.2. The van der Waals surface area contributed by atoms with Gasteiger partial charge >= 0.3 is 12.0 Å². The molecule has 0 atom stereocenters. The molecule has 2 amide bonds. The number of carbonyl (C=O) groups is 2. The minimum atomic E-state index is -1.01. The van der Waals surface area contributed by atoms with Gasteiger partial charge in [0, 0.05) is 30.9 Å². The van der Waals surface area contributed by atoms with Crippen molar-refractivity contribution in [1.29, 1.82) is 0 Å². The normalized spacial score (nSPS) is 15.1. The maximum atomic E-state index is 12.2. The van der Waals surface area contributed by atoms with E-state index in [1.165, 1.54) is 29.6 Å². The van der Waals surface area contributed by atoms with Crippen LogP contribution in [-0.4, -0.2) is 46.1 Å². The summed E-state index contributed by atoms with van der Waals surface area (Å²) in [5, 5.41) is 14.0. The molecule has 0 bridgehead atoms. The summed E-state index contributed by atoms with van der Waals surface area (Å²) in [5.74, 6) is -1.01. The van der Waals surface area contributed by atoms with E-state index in [0.717, 1.165) is 24.4 Å². The molecule has 0 aliphatic heterocycles. The number of nitrogens with one attached hydrogen (secondary N) is 1. The van der Waals surface area contributed by atoms with E-state index in [9.17, 15) is 9.59 Å². The van der Waals surface area contributed by atoms with E-state index in [0.29, 0.717) is 19.0 Å². The van der Waals surface area contributed by atoms with Crippen LogP contribution in [0.4, 0.5) is 4.79 Å². The number of urea groups is 1. The Morgan fingerprint density at radius 3 is 2.76 bits per heavy atom. The van der Waals surface area contributed by atoms with Crippen molar-refractivity contribution in [3.8, 4) is 0 Å². The Hall–Kier alpha value is -1.63. The first-order chi connectivity index (χ1) is 10.1. The van der Waals surface area contributed by atoms with E-state index in [-0.39, 0.29) is 11.7 Å². The van der Waals surface area contributed by atoms with Gasteiger partial charge in [-0.2, -0.15) is 0 Å². The number of carbonyl (C=O) groups excluding carboxylic acids is 1. The fraction of sp³-hybridized carbons (Fsp3) is 0.643. The monoisotopic (exact) mass is 311 g/mol. The molecule has 1 aliphatic carbocycles. The number of amides is 2. The Labute approximate surface area is 128 Å². The predicted octanol–water partition coefficient (Wildman–Crippen LogP) is 2.36. The zero-order valence-corrected chi connectivity index (χ0v) is 13.0. The summed E-state index contributed by atoms with van der Waals surface area (Å²) in [4.78, 5) is 28.8. The molecule has 0 spiro atoms. The lowest BCUT2D eigenvalue weighted by molar-refractivity contribution is 0.0691. The third kappa shape index (κ3) is 4.17. The van der Waals surface area contributed by atoms with Crippen molar-refractivity contribution in [1.82, 2.24) is 15.2 Å². The van der Waals surface area contributed by atoms with Gasteiger partial charge in [0.15, 0.2) is 5.69 Å². The molecule has 1 aromatic heterocycles. The molecule has 7 heteroatoms. The van der Waals surface area contributed by atoms with Crippen molar-refractivity contribution < 1.29 is 14.7 Å². The fourth-order valence-electron chi connectivity index (χ4n) is 2.69. The summed E-state index contributed by atoms with van der Waals surface area (Å²) in [7, 11) is 0. The van der Waals surface area contributed by atoms with Crippen LogP contribution in [0.5, 0.6) is 0 Å². The number of aromatic carboxylic acids is 1. The molecular weight excluding hydrogens is 290 g/mol. The van der Waals surface area contributed by atoms with Gasteiger partial charge in [0.1, 0.15) is 0 Å². The van der Waals surface area contributed by atoms with Crippen molar-refractivity contribution >= 4 is 23.3 Å². The lowest BCUT2D eigenvalue weighted by Crippen LogP contribution is -2.45. The third-order valence-electron chi connectivity index (χ3n) is 3.75. The smallest absolute Gasteiger partial charge is 0.355 e. The molecule has 0 unspecified atom stereocenters. The van der Waals surface area contributed by atoms with Crippen LogP contribution in [0, 0.1) is 0 Å². The number of aromatic nitrogens is 1. The number of carboxylic acids is 1. The first-order valence-corrected chi connectivity index (χ1v) is 8.22. The molecular formula is C14H21N3O3S. The molecule has 1 saturated carbocycles. The van der Waals surface area contributed by atoms with E-state index in [2.05, 4.69) is 10.3 Å². The third-order valence-corrected chi connectivity index (χ3v) is 4.66. The van der Waals surface area contributed by atoms with Crippen LogP contribution >= 0.6 is 11.3 Å². The summed E-state index contributed by atoms with van der Waals surface area (Å²) in [6.45, 7) is 3.20. The lowest BCUT2D eigenvalue weighted by atomic mass is 10.2. The van der Waals surface area contributed by atoms with Gasteiger partial charge in [-0.3, -0.25) is 0 Å². The van der Waals surface area contributed by atoms with Gasteiger partial charge in [-0.05, 0) is 19.8 Å². The topological polar surface area (TPSA) is 82.5 Å². The summed E-state index contributed by atoms with van der Waals surface area (Å²) in [6, 6.07) is 0.341. The van der Waals surface area contributed by atoms with Crippen LogP contribution in [-0.2, 0) is 6.42 Å². The minimum absolute atomic E-state index is 0.0283. The SMILES string of the molecule is CCN(C(=O)NCCc1nc(C(=O)O)cs1)C1CCCC1. The van der Waals surface area contributed by atoms with E-state index >= 15 is 0 Å². The van der Waals surface area contributed by atoms with Crippen molar-refractivity contribution in [2.75, 3.05) is 13.1 Å². The van der Waals surface area contributed by atoms with E-state index in [4.69, 9.17) is 5.11 Å². The molecule has 1 heterocycles. The standard InChI is InChI=1S/C14H21N3O3S/c1-2-17(10-5-3-4-6-10)14(20)15-8-7-12-16-11(9-21-12)13(18)19/h9-10H,2-8H2,1H3,(H,15,20)(H,18,19). The van der Waals surface area contributed by atoms with Gasteiger partial charge in [-0.25, -0.2) is 14.6 Å². The lowest BCUT2D eigenvalue weighted by Gasteiger charge is -2.27. The van der Waals surface area contributed by atoms with Crippen molar-refractivity contribution in [2.45, 2.75) is 45.1 Å². The fourth-order valence-corrected chi connectivity index (χ4v) is 3.46. The Kier molecular flexibility index (Phi) is 5.55. The summed E-state index contributed by atoms with van der Waals surface area (Å²) < 4.78 is 0. The molecule has 0 radical (unpaired) electrons. The second-order valence-electron chi connectivity index (χ2n) is 5.14. The van der Waals surface area contributed by atoms with Gasteiger partial charge in [-0.15, -0.1) is 11.3 Å². The highest BCUT2D eigenvalue weighted by atomic mass is 32.1. The minimum Gasteiger partial charge on any atom is -0.476 e. The first-order valence-electron chi connectivity index (χ1n) is 7.34. The molecule has 21 heavy (non-hydrogen) atoms. The average molecular weight is 311 g/mol. The van der Waals surface area contributed by atoms with E-state index in [1.807, 2.05) is 11.8 Å². The molecule has 2 N–H and O–H groups in total. The number of nitrogens with zero attached hydrogens (tertiary/aromatic N) is 2. The Morgan fingerprint density at radius 1 is 1.48 bits per heavy atom. The molecule has 0 saturated heterocycles. The molecule has 0 aromatic carbocycles. The molecule has 6 nitrogen and oxygen atoms in total. The molecule has 1 fully saturated rings. The van der Waals surface area contributed by atoms with Crippen LogP contribution < -0.4 is 5.32 Å². The molecule has 1 aliphatic rings. The maximum Gasteiger partial charge on any atom is 0.355 e. The van der Waals surface area contributed by atoms with E-state index in [1.54, 1.807) is 0 Å². The number of hydrogen-bond acceptors (Lipinski definition) is 4. The largest absolute Gasteiger partial charge is 0.476 e. The van der Waals surface area contributed by atoms with Crippen molar-refractivity contribution in [3.05, 3.63) is 16.1 Å². The highest BCUT2D eigenvalue weighted by Gasteiger charge is 2.24. The number of thiazole rings is 1. The Balaban J connectivity index is 1.78. The molecule has 116 valence electrons.